The van der Waals surface area contributed by atoms with E-state index >= 15 is 0 Å². The normalized spacial score (nSPS) is 12.4. The molecule has 0 bridgehead atoms. The van der Waals surface area contributed by atoms with Crippen LogP contribution in [0.1, 0.15) is 0 Å². The van der Waals surface area contributed by atoms with E-state index in [4.69, 9.17) is 31.6 Å². The Morgan fingerprint density at radius 1 is 0.500 bits per heavy atom. The third-order valence-corrected chi connectivity index (χ3v) is 4.89. The summed E-state index contributed by atoms with van der Waals surface area (Å²) in [6.45, 7) is 0. The Labute approximate surface area is 91.8 Å². The molecular formula is C6FeGaN6. The van der Waals surface area contributed by atoms with Crippen molar-refractivity contribution in [3.8, 4) is 29.8 Å². The van der Waals surface area contributed by atoms with Crippen molar-refractivity contribution in [3.05, 3.63) is 0 Å². The molecule has 0 N–H and O–H groups in total. The van der Waals surface area contributed by atoms with Gasteiger partial charge in [-0.15, -0.1) is 0 Å². The van der Waals surface area contributed by atoms with Crippen LogP contribution in [0.15, 0.2) is 0 Å². The van der Waals surface area contributed by atoms with Gasteiger partial charge in [0.1, 0.15) is 0 Å². The molecule has 0 radical (unpaired) electrons. The van der Waals surface area contributed by atoms with Gasteiger partial charge in [0, 0.05) is 0 Å². The molecule has 0 amide bonds. The van der Waals surface area contributed by atoms with Gasteiger partial charge in [-0.1, -0.05) is 0 Å². The maximum atomic E-state index is 8.58. The number of nitriles is 6. The van der Waals surface area contributed by atoms with E-state index in [9.17, 15) is 0 Å². The molecule has 0 aromatic carbocycles. The van der Waals surface area contributed by atoms with Gasteiger partial charge >= 0.3 is 91.9 Å². The van der Waals surface area contributed by atoms with Gasteiger partial charge in [-0.3, -0.25) is 0 Å². The van der Waals surface area contributed by atoms with Gasteiger partial charge < -0.3 is 0 Å². The summed E-state index contributed by atoms with van der Waals surface area (Å²) >= 11 is 0. The predicted molar refractivity (Wildman–Crippen MR) is 39.4 cm³/mol. The summed E-state index contributed by atoms with van der Waals surface area (Å²) in [6.07, 6.45) is 0. The Balaban J connectivity index is 0. The zero-order valence-electron chi connectivity index (χ0n) is 6.61. The van der Waals surface area contributed by atoms with Gasteiger partial charge in [-0.05, 0) is 0 Å². The summed E-state index contributed by atoms with van der Waals surface area (Å²) in [5.74, 6) is 0. The largest absolute Gasteiger partial charge is 3.00 e. The molecule has 6 nitrogen and oxygen atoms in total. The molecule has 14 heavy (non-hydrogen) atoms. The smallest absolute Gasteiger partial charge is 3.00 e. The van der Waals surface area contributed by atoms with E-state index < -0.39 is 10.7 Å². The van der Waals surface area contributed by atoms with Crippen LogP contribution < -0.4 is 0 Å². The molecule has 0 aliphatic rings. The molecule has 0 spiro atoms. The minimum atomic E-state index is -6.17. The quantitative estimate of drug-likeness (QED) is 0.558. The number of rotatable bonds is 0. The maximum Gasteiger partial charge on any atom is 3.00 e. The molecule has 0 atom stereocenters. The molecule has 0 aromatic rings. The average molecular weight is 282 g/mol. The van der Waals surface area contributed by atoms with Crippen LogP contribution in [0, 0.1) is 61.4 Å². The van der Waals surface area contributed by atoms with Crippen LogP contribution in [0.25, 0.3) is 0 Å². The van der Waals surface area contributed by atoms with Crippen molar-refractivity contribution in [2.75, 3.05) is 0 Å². The summed E-state index contributed by atoms with van der Waals surface area (Å²) in [5, 5.41) is 51.5. The van der Waals surface area contributed by atoms with Crippen LogP contribution in [0.5, 0.6) is 0 Å². The zero-order chi connectivity index (χ0) is 10.7. The second-order valence-corrected chi connectivity index (χ2v) is 7.42. The average Bonchev–Trinajstić information content (AvgIpc) is 2.26. The van der Waals surface area contributed by atoms with Crippen molar-refractivity contribution >= 4 is 19.8 Å². The van der Waals surface area contributed by atoms with Gasteiger partial charge in [-0.2, -0.15) is 0 Å². The molecule has 0 aliphatic carbocycles. The van der Waals surface area contributed by atoms with Gasteiger partial charge in [0.05, 0.1) is 0 Å². The molecule has 0 aromatic heterocycles. The summed E-state index contributed by atoms with van der Waals surface area (Å²) < 4.78 is 0. The fourth-order valence-corrected chi connectivity index (χ4v) is 1.09. The topological polar surface area (TPSA) is 143 Å². The third kappa shape index (κ3) is 1.06. The first-order chi connectivity index (χ1) is 5.97. The number of hydrogen-bond donors (Lipinski definition) is 0. The zero-order valence-corrected chi connectivity index (χ0v) is 10.1. The Bertz CT molecular complexity index is 392. The van der Waals surface area contributed by atoms with E-state index in [0.29, 0.717) is 0 Å². The van der Waals surface area contributed by atoms with Crippen LogP contribution in [0.3, 0.4) is 0 Å². The van der Waals surface area contributed by atoms with E-state index in [0.717, 1.165) is 29.8 Å². The van der Waals surface area contributed by atoms with Crippen molar-refractivity contribution < 1.29 is 10.7 Å². The van der Waals surface area contributed by atoms with Gasteiger partial charge in [0.2, 0.25) is 0 Å². The SMILES string of the molecule is N#[C][Fe-3]([C]#N)([C]#N)([C]#N)([C]#N)[C]#N.[Ga+3]. The molecular weight excluding hydrogens is 282 g/mol. The second kappa shape index (κ2) is 3.10. The summed E-state index contributed by atoms with van der Waals surface area (Å²) in [7, 11) is -6.17. The van der Waals surface area contributed by atoms with E-state index in [1.165, 1.54) is 0 Å². The first-order valence-corrected chi connectivity index (χ1v) is 5.71. The first kappa shape index (κ1) is 14.6. The van der Waals surface area contributed by atoms with Crippen LogP contribution >= 0.6 is 0 Å². The minimum Gasteiger partial charge on any atom is 3.00 e. The fraction of sp³-hybridized carbons (Fsp3) is 0. The minimum absolute atomic E-state index is 0. The van der Waals surface area contributed by atoms with Gasteiger partial charge in [-0.25, -0.2) is 0 Å². The Morgan fingerprint density at radius 2 is 0.643 bits per heavy atom. The van der Waals surface area contributed by atoms with E-state index in [2.05, 4.69) is 0 Å². The molecule has 0 aliphatic heterocycles. The summed E-state index contributed by atoms with van der Waals surface area (Å²) in [5.41, 5.74) is 0. The van der Waals surface area contributed by atoms with E-state index in [1.54, 1.807) is 0 Å². The van der Waals surface area contributed by atoms with Crippen molar-refractivity contribution in [1.82, 2.24) is 0 Å². The molecule has 0 heterocycles. The molecule has 65 valence electrons. The van der Waals surface area contributed by atoms with Gasteiger partial charge in [0.25, 0.3) is 0 Å². The van der Waals surface area contributed by atoms with Crippen molar-refractivity contribution in [1.29, 1.82) is 31.6 Å². The molecule has 0 unspecified atom stereocenters. The van der Waals surface area contributed by atoms with Gasteiger partial charge in [0.15, 0.2) is 0 Å². The fourth-order valence-electron chi connectivity index (χ4n) is 0.265. The molecule has 0 rings (SSSR count). The van der Waals surface area contributed by atoms with E-state index in [1.807, 2.05) is 0 Å². The second-order valence-electron chi connectivity index (χ2n) is 1.80. The Hall–Kier alpha value is -1.90. The predicted octanol–water partition coefficient (Wildman–Crippen LogP) is -0.283. The number of hydrogen-bond acceptors (Lipinski definition) is 6. The number of nitrogens with zero attached hydrogens (tertiary/aromatic N) is 6. The summed E-state index contributed by atoms with van der Waals surface area (Å²) in [6, 6.07) is 0. The molecule has 0 fully saturated rings. The first-order valence-electron chi connectivity index (χ1n) is 2.40. The van der Waals surface area contributed by atoms with Crippen molar-refractivity contribution in [3.63, 3.8) is 0 Å². The van der Waals surface area contributed by atoms with Crippen molar-refractivity contribution in [2.24, 2.45) is 0 Å². The van der Waals surface area contributed by atoms with Crippen molar-refractivity contribution in [2.45, 2.75) is 0 Å². The van der Waals surface area contributed by atoms with E-state index in [-0.39, 0.29) is 19.8 Å². The molecule has 0 saturated heterocycles. The summed E-state index contributed by atoms with van der Waals surface area (Å²) in [4.78, 5) is 6.19. The Kier molecular flexibility index (Phi) is 3.24. The Morgan fingerprint density at radius 3 is 0.643 bits per heavy atom. The van der Waals surface area contributed by atoms with Crippen LogP contribution in [-0.2, 0) is 10.7 Å². The third-order valence-electron chi connectivity index (χ3n) is 1.19. The standard InChI is InChI=1S/6CN.Fe.Ga/c6*1-2;;/q;;;;;;-3;+3. The monoisotopic (exact) mass is 281 g/mol. The molecule has 8 heteroatoms. The van der Waals surface area contributed by atoms with Crippen LogP contribution in [0.2, 0.25) is 0 Å². The maximum absolute atomic E-state index is 8.58. The van der Waals surface area contributed by atoms with Crippen LogP contribution in [-0.4, -0.2) is 19.8 Å². The van der Waals surface area contributed by atoms with Crippen LogP contribution in [0.4, 0.5) is 0 Å². The molecule has 0 saturated carbocycles.